The summed E-state index contributed by atoms with van der Waals surface area (Å²) in [4.78, 5) is 14.1. The van der Waals surface area contributed by atoms with Gasteiger partial charge in [-0.1, -0.05) is 19.8 Å². The molecule has 0 bridgehead atoms. The minimum atomic E-state index is -0.0704. The fourth-order valence-corrected chi connectivity index (χ4v) is 4.09. The minimum absolute atomic E-state index is 0.0572. The first-order valence-electron chi connectivity index (χ1n) is 8.41. The molecule has 1 saturated carbocycles. The number of nitriles is 1. The summed E-state index contributed by atoms with van der Waals surface area (Å²) in [6.07, 6.45) is 7.69. The van der Waals surface area contributed by atoms with Crippen molar-refractivity contribution < 1.29 is 9.53 Å². The van der Waals surface area contributed by atoms with Crippen molar-refractivity contribution in [2.24, 2.45) is 17.8 Å². The molecule has 2 rings (SSSR count). The van der Waals surface area contributed by atoms with E-state index in [9.17, 15) is 10.1 Å². The molecule has 0 amide bonds. The molecule has 1 aliphatic heterocycles. The normalized spacial score (nSPS) is 31.6. The quantitative estimate of drug-likeness (QED) is 0.748. The van der Waals surface area contributed by atoms with Gasteiger partial charge in [0.15, 0.2) is 0 Å². The number of nitrogens with zero attached hydrogens (tertiary/aromatic N) is 2. The zero-order valence-corrected chi connectivity index (χ0v) is 13.4. The van der Waals surface area contributed by atoms with Crippen LogP contribution in [0.4, 0.5) is 0 Å². The van der Waals surface area contributed by atoms with Crippen LogP contribution in [0.3, 0.4) is 0 Å². The van der Waals surface area contributed by atoms with E-state index in [1.807, 2.05) is 0 Å². The van der Waals surface area contributed by atoms with Gasteiger partial charge in [-0.2, -0.15) is 5.26 Å². The third kappa shape index (κ3) is 3.97. The van der Waals surface area contributed by atoms with Crippen LogP contribution in [0.5, 0.6) is 0 Å². The van der Waals surface area contributed by atoms with Gasteiger partial charge >= 0.3 is 5.97 Å². The molecule has 0 aromatic heterocycles. The third-order valence-corrected chi connectivity index (χ3v) is 5.32. The van der Waals surface area contributed by atoms with Crippen LogP contribution in [0.2, 0.25) is 0 Å². The topological polar surface area (TPSA) is 53.3 Å². The van der Waals surface area contributed by atoms with Gasteiger partial charge in [0.1, 0.15) is 0 Å². The lowest BCUT2D eigenvalue weighted by Gasteiger charge is -2.43. The summed E-state index contributed by atoms with van der Waals surface area (Å²) in [6, 6.07) is 2.93. The number of piperidine rings is 1. The van der Waals surface area contributed by atoms with Gasteiger partial charge in [-0.05, 0) is 51.1 Å². The van der Waals surface area contributed by atoms with E-state index in [0.717, 1.165) is 44.7 Å². The Morgan fingerprint density at radius 2 is 2.00 bits per heavy atom. The number of carbonyl (C=O) groups excluding carboxylic acids is 1. The number of likely N-dealkylation sites (tertiary alicyclic amines) is 1. The third-order valence-electron chi connectivity index (χ3n) is 5.32. The smallest absolute Gasteiger partial charge is 0.308 e. The molecule has 0 radical (unpaired) electrons. The molecule has 4 nitrogen and oxygen atoms in total. The molecule has 3 unspecified atom stereocenters. The summed E-state index contributed by atoms with van der Waals surface area (Å²) < 4.78 is 4.85. The molecule has 0 N–H and O–H groups in total. The van der Waals surface area contributed by atoms with Crippen molar-refractivity contribution in [3.8, 4) is 6.07 Å². The van der Waals surface area contributed by atoms with Crippen LogP contribution in [-0.4, -0.2) is 37.1 Å². The molecule has 2 aliphatic rings. The summed E-state index contributed by atoms with van der Waals surface area (Å²) >= 11 is 0. The summed E-state index contributed by atoms with van der Waals surface area (Å²) in [7, 11) is 1.47. The number of rotatable bonds is 4. The van der Waals surface area contributed by atoms with Crippen LogP contribution in [0.15, 0.2) is 0 Å². The van der Waals surface area contributed by atoms with E-state index in [2.05, 4.69) is 17.9 Å². The van der Waals surface area contributed by atoms with E-state index >= 15 is 0 Å². The highest BCUT2D eigenvalue weighted by molar-refractivity contribution is 5.72. The van der Waals surface area contributed by atoms with Crippen LogP contribution >= 0.6 is 0 Å². The van der Waals surface area contributed by atoms with Crippen molar-refractivity contribution in [3.05, 3.63) is 0 Å². The molecule has 1 saturated heterocycles. The number of methoxy groups -OCH3 is 1. The van der Waals surface area contributed by atoms with Crippen molar-refractivity contribution >= 4 is 5.97 Å². The van der Waals surface area contributed by atoms with E-state index in [-0.39, 0.29) is 17.8 Å². The number of hydrogen-bond donors (Lipinski definition) is 0. The minimum Gasteiger partial charge on any atom is -0.469 e. The van der Waals surface area contributed by atoms with Crippen molar-refractivity contribution in [2.45, 2.75) is 57.9 Å². The van der Waals surface area contributed by atoms with Crippen LogP contribution in [0, 0.1) is 29.1 Å². The van der Waals surface area contributed by atoms with Gasteiger partial charge in [-0.15, -0.1) is 0 Å². The summed E-state index contributed by atoms with van der Waals surface area (Å²) in [5.41, 5.74) is 0. The van der Waals surface area contributed by atoms with Gasteiger partial charge < -0.3 is 4.74 Å². The molecule has 1 heterocycles. The van der Waals surface area contributed by atoms with Gasteiger partial charge in [0.2, 0.25) is 0 Å². The Labute approximate surface area is 128 Å². The maximum Gasteiger partial charge on any atom is 0.308 e. The first kappa shape index (κ1) is 16.3. The van der Waals surface area contributed by atoms with Crippen LogP contribution in [0.1, 0.15) is 51.9 Å². The van der Waals surface area contributed by atoms with Gasteiger partial charge in [0.05, 0.1) is 25.0 Å². The van der Waals surface area contributed by atoms with Crippen molar-refractivity contribution in [1.82, 2.24) is 4.90 Å². The Morgan fingerprint density at radius 1 is 1.29 bits per heavy atom. The maximum atomic E-state index is 11.6. The highest BCUT2D eigenvalue weighted by Gasteiger charge is 2.36. The highest BCUT2D eigenvalue weighted by atomic mass is 16.5. The lowest BCUT2D eigenvalue weighted by atomic mass is 9.76. The standard InChI is InChI=1S/C17H28N2O2/c1-3-4-13-5-6-15(12-18)16(11-13)19-9-7-14(8-10-19)17(20)21-2/h13-16H,3-11H2,1-2H3. The van der Waals surface area contributed by atoms with Gasteiger partial charge in [0, 0.05) is 6.04 Å². The van der Waals surface area contributed by atoms with Crippen LogP contribution < -0.4 is 0 Å². The lowest BCUT2D eigenvalue weighted by Crippen LogP contribution is -2.48. The molecular weight excluding hydrogens is 264 g/mol. The second kappa shape index (κ2) is 7.79. The van der Waals surface area contributed by atoms with Crippen LogP contribution in [0.25, 0.3) is 0 Å². The average molecular weight is 292 g/mol. The number of esters is 1. The highest BCUT2D eigenvalue weighted by Crippen LogP contribution is 2.36. The van der Waals surface area contributed by atoms with E-state index in [4.69, 9.17) is 4.74 Å². The monoisotopic (exact) mass is 292 g/mol. The molecule has 3 atom stereocenters. The van der Waals surface area contributed by atoms with Gasteiger partial charge in [-0.25, -0.2) is 0 Å². The Morgan fingerprint density at radius 3 is 2.57 bits per heavy atom. The molecule has 0 spiro atoms. The van der Waals surface area contributed by atoms with E-state index in [1.165, 1.54) is 26.4 Å². The fourth-order valence-electron chi connectivity index (χ4n) is 4.09. The second-order valence-corrected chi connectivity index (χ2v) is 6.60. The Balaban J connectivity index is 1.93. The zero-order valence-electron chi connectivity index (χ0n) is 13.4. The number of ether oxygens (including phenoxy) is 1. The van der Waals surface area contributed by atoms with Gasteiger partial charge in [-0.3, -0.25) is 9.69 Å². The van der Waals surface area contributed by atoms with Crippen molar-refractivity contribution in [3.63, 3.8) is 0 Å². The molecule has 1 aliphatic carbocycles. The number of hydrogen-bond acceptors (Lipinski definition) is 4. The predicted molar refractivity (Wildman–Crippen MR) is 81.5 cm³/mol. The zero-order chi connectivity index (χ0) is 15.2. The van der Waals surface area contributed by atoms with Gasteiger partial charge in [0.25, 0.3) is 0 Å². The fraction of sp³-hybridized carbons (Fsp3) is 0.882. The Bertz CT molecular complexity index is 383. The first-order chi connectivity index (χ1) is 10.2. The molecule has 2 fully saturated rings. The molecule has 21 heavy (non-hydrogen) atoms. The molecular formula is C17H28N2O2. The Hall–Kier alpha value is -1.08. The first-order valence-corrected chi connectivity index (χ1v) is 8.41. The number of carbonyl (C=O) groups is 1. The average Bonchev–Trinajstić information content (AvgIpc) is 2.54. The van der Waals surface area contributed by atoms with E-state index in [0.29, 0.717) is 6.04 Å². The summed E-state index contributed by atoms with van der Waals surface area (Å²) in [6.45, 7) is 4.11. The molecule has 4 heteroatoms. The summed E-state index contributed by atoms with van der Waals surface area (Å²) in [5.74, 6) is 0.941. The summed E-state index contributed by atoms with van der Waals surface area (Å²) in [5, 5.41) is 9.44. The molecule has 0 aromatic carbocycles. The van der Waals surface area contributed by atoms with Crippen molar-refractivity contribution in [2.75, 3.05) is 20.2 Å². The molecule has 0 aromatic rings. The largest absolute Gasteiger partial charge is 0.469 e. The van der Waals surface area contributed by atoms with E-state index < -0.39 is 0 Å². The maximum absolute atomic E-state index is 11.6. The van der Waals surface area contributed by atoms with E-state index in [1.54, 1.807) is 0 Å². The van der Waals surface area contributed by atoms with Crippen LogP contribution in [-0.2, 0) is 9.53 Å². The predicted octanol–water partition coefficient (Wildman–Crippen LogP) is 2.98. The molecule has 118 valence electrons. The second-order valence-electron chi connectivity index (χ2n) is 6.60. The van der Waals surface area contributed by atoms with Crippen molar-refractivity contribution in [1.29, 1.82) is 5.26 Å². The Kier molecular flexibility index (Phi) is 6.05. The SMILES string of the molecule is CCCC1CCC(C#N)C(N2CCC(C(=O)OC)CC2)C1. The lowest BCUT2D eigenvalue weighted by molar-refractivity contribution is -0.147.